The highest BCUT2D eigenvalue weighted by Crippen LogP contribution is 2.49. The molecule has 9 nitrogen and oxygen atoms in total. The van der Waals surface area contributed by atoms with Gasteiger partial charge in [-0.2, -0.15) is 4.62 Å². The van der Waals surface area contributed by atoms with Crippen LogP contribution in [0.1, 0.15) is 30.2 Å². The lowest BCUT2D eigenvalue weighted by atomic mass is 10.1. The Morgan fingerprint density at radius 1 is 1.46 bits per heavy atom. The Morgan fingerprint density at radius 2 is 2.29 bits per heavy atom. The van der Waals surface area contributed by atoms with E-state index in [0.717, 1.165) is 21.9 Å². The molecule has 0 radical (unpaired) electrons. The van der Waals surface area contributed by atoms with Crippen molar-refractivity contribution in [3.8, 4) is 5.75 Å². The minimum absolute atomic E-state index is 0.270. The van der Waals surface area contributed by atoms with Crippen molar-refractivity contribution < 1.29 is 28.0 Å². The molecule has 3 unspecified atom stereocenters. The van der Waals surface area contributed by atoms with Gasteiger partial charge in [-0.3, -0.25) is 19.3 Å². The van der Waals surface area contributed by atoms with E-state index < -0.39 is 32.6 Å². The minimum atomic E-state index is -1.87. The van der Waals surface area contributed by atoms with E-state index in [-0.39, 0.29) is 4.64 Å². The first-order valence-electron chi connectivity index (χ1n) is 8.44. The van der Waals surface area contributed by atoms with Crippen molar-refractivity contribution in [3.05, 3.63) is 56.5 Å². The van der Waals surface area contributed by atoms with Crippen molar-refractivity contribution in [2.75, 3.05) is 0 Å². The summed E-state index contributed by atoms with van der Waals surface area (Å²) < 4.78 is 36.6. The number of aromatic amines is 1. The number of aromatic nitrogens is 2. The van der Waals surface area contributed by atoms with E-state index in [4.69, 9.17) is 18.4 Å². The highest BCUT2D eigenvalue weighted by atomic mass is 32.1. The zero-order chi connectivity index (χ0) is 19.8. The number of nitrogens with zero attached hydrogens (tertiary/aromatic N) is 2. The Hall–Kier alpha value is -1.72. The van der Waals surface area contributed by atoms with Gasteiger partial charge in [0.05, 0.1) is 12.8 Å². The molecule has 2 aliphatic heterocycles. The van der Waals surface area contributed by atoms with Gasteiger partial charge in [0.2, 0.25) is 0 Å². The molecule has 0 aliphatic carbocycles. The van der Waals surface area contributed by atoms with Gasteiger partial charge >= 0.3 is 14.3 Å². The Bertz CT molecular complexity index is 1000. The van der Waals surface area contributed by atoms with Crippen LogP contribution in [0, 0.1) is 17.4 Å². The highest BCUT2D eigenvalue weighted by molar-refractivity contribution is 7.71. The number of rotatable bonds is 4. The van der Waals surface area contributed by atoms with E-state index >= 15 is 0 Å². The third kappa shape index (κ3) is 3.87. The maximum Gasteiger partial charge on any atom is 0.418 e. The van der Waals surface area contributed by atoms with E-state index in [0.29, 0.717) is 30.4 Å². The van der Waals surface area contributed by atoms with Crippen LogP contribution in [-0.4, -0.2) is 26.2 Å². The molecule has 2 N–H and O–H groups in total. The zero-order valence-corrected chi connectivity index (χ0v) is 16.4. The monoisotopic (exact) mass is 429 g/mol. The molecule has 4 rings (SSSR count). The summed E-state index contributed by atoms with van der Waals surface area (Å²) in [6.07, 6.45) is 0.0194. The molecule has 1 aromatic heterocycles. The number of ether oxygens (including phenoxy) is 1. The molecule has 0 saturated carbocycles. The van der Waals surface area contributed by atoms with E-state index in [9.17, 15) is 14.4 Å². The minimum Gasteiger partial charge on any atom is -0.425 e. The van der Waals surface area contributed by atoms with Crippen molar-refractivity contribution >= 4 is 20.8 Å². The number of hydroxylamine groups is 2. The Labute approximate surface area is 165 Å². The predicted octanol–water partition coefficient (Wildman–Crippen LogP) is 3.45. The van der Waals surface area contributed by atoms with Gasteiger partial charge < -0.3 is 9.26 Å². The zero-order valence-electron chi connectivity index (χ0n) is 14.7. The van der Waals surface area contributed by atoms with Gasteiger partial charge in [-0.1, -0.05) is 30.4 Å². The average molecular weight is 429 g/mol. The summed E-state index contributed by atoms with van der Waals surface area (Å²) in [6, 6.07) is 5.69. The lowest BCUT2D eigenvalue weighted by Crippen LogP contribution is -2.33. The number of para-hydroxylation sites is 1. The van der Waals surface area contributed by atoms with Crippen molar-refractivity contribution in [2.24, 2.45) is 0 Å². The molecule has 1 fully saturated rings. The molecule has 2 aliphatic rings. The third-order valence-corrected chi connectivity index (χ3v) is 5.66. The molecular weight excluding hydrogens is 412 g/mol. The van der Waals surface area contributed by atoms with Crippen molar-refractivity contribution in [3.63, 3.8) is 0 Å². The maximum absolute atomic E-state index is 13.7. The van der Waals surface area contributed by atoms with Gasteiger partial charge in [0.15, 0.2) is 12.0 Å². The molecule has 3 heterocycles. The molecule has 1 saturated heterocycles. The van der Waals surface area contributed by atoms with Crippen LogP contribution < -0.4 is 10.2 Å². The number of H-pyrrole nitrogens is 1. The first-order valence-corrected chi connectivity index (χ1v) is 9.95. The topological polar surface area (TPSA) is 98.2 Å². The van der Waals surface area contributed by atoms with E-state index in [1.807, 2.05) is 25.1 Å². The molecule has 150 valence electrons. The van der Waals surface area contributed by atoms with Gasteiger partial charge in [-0.15, -0.1) is 0 Å². The number of fused-ring (bicyclic) bond motifs is 1. The summed E-state index contributed by atoms with van der Waals surface area (Å²) in [4.78, 5) is 14.2. The number of nitrogens with one attached hydrogen (secondary N) is 1. The summed E-state index contributed by atoms with van der Waals surface area (Å²) >= 11 is 4.69. The first-order chi connectivity index (χ1) is 13.4. The molecule has 1 aromatic carbocycles. The fourth-order valence-corrected chi connectivity index (χ4v) is 4.16. The first kappa shape index (κ1) is 19.6. The average Bonchev–Trinajstić information content (AvgIpc) is 3.15. The van der Waals surface area contributed by atoms with Crippen LogP contribution in [0.3, 0.4) is 0 Å². The SMILES string of the molecule is Cc1cccc2c1OP(ON(O)C1CCC(n3cc(F)c(=S)[nH]c3=O)O1)OC2. The van der Waals surface area contributed by atoms with Gasteiger partial charge in [0.1, 0.15) is 16.6 Å². The molecule has 3 atom stereocenters. The second kappa shape index (κ2) is 7.96. The summed E-state index contributed by atoms with van der Waals surface area (Å²) in [7, 11) is -1.87. The maximum atomic E-state index is 13.7. The quantitative estimate of drug-likeness (QED) is 0.433. The van der Waals surface area contributed by atoms with Crippen molar-refractivity contribution in [1.82, 2.24) is 14.8 Å². The normalized spacial score (nSPS) is 24.2. The standard InChI is InChI=1S/C16H17FN3O6PS/c1-9-3-2-4-10-8-23-27(25-14(9)10)26-20(22)13-6-5-12(24-13)19-7-11(17)15(28)18-16(19)21/h2-4,7,12-13,22H,5-6,8H2,1H3,(H,18,21,28). The fourth-order valence-electron chi connectivity index (χ4n) is 2.99. The lowest BCUT2D eigenvalue weighted by molar-refractivity contribution is -0.359. The number of hydrogen-bond acceptors (Lipinski definition) is 8. The molecular formula is C16H17FN3O6PS. The number of halogens is 1. The summed E-state index contributed by atoms with van der Waals surface area (Å²) in [5, 5.41) is 10.7. The smallest absolute Gasteiger partial charge is 0.418 e. The van der Waals surface area contributed by atoms with Crippen molar-refractivity contribution in [1.29, 1.82) is 0 Å². The van der Waals surface area contributed by atoms with Crippen LogP contribution >= 0.6 is 20.8 Å². The number of benzene rings is 1. The second-order valence-electron chi connectivity index (χ2n) is 6.30. The van der Waals surface area contributed by atoms with E-state index in [1.54, 1.807) is 0 Å². The van der Waals surface area contributed by atoms with Gasteiger partial charge in [0.25, 0.3) is 0 Å². The van der Waals surface area contributed by atoms with Crippen LogP contribution in [0.4, 0.5) is 4.39 Å². The number of aryl methyl sites for hydroxylation is 1. The lowest BCUT2D eigenvalue weighted by Gasteiger charge is -2.28. The molecule has 28 heavy (non-hydrogen) atoms. The molecule has 12 heteroatoms. The fraction of sp³-hybridized carbons (Fsp3) is 0.375. The van der Waals surface area contributed by atoms with E-state index in [1.165, 1.54) is 0 Å². The van der Waals surface area contributed by atoms with Gasteiger partial charge in [-0.05, 0) is 30.6 Å². The summed E-state index contributed by atoms with van der Waals surface area (Å²) in [5.41, 5.74) is 1.23. The number of hydrogen-bond donors (Lipinski definition) is 2. The highest BCUT2D eigenvalue weighted by Gasteiger charge is 2.36. The van der Waals surface area contributed by atoms with Gasteiger partial charge in [0, 0.05) is 5.56 Å². The molecule has 0 spiro atoms. The van der Waals surface area contributed by atoms with Gasteiger partial charge in [-0.25, -0.2) is 9.18 Å². The summed E-state index contributed by atoms with van der Waals surface area (Å²) in [5.74, 6) is -0.0692. The largest absolute Gasteiger partial charge is 0.425 e. The summed E-state index contributed by atoms with van der Waals surface area (Å²) in [6.45, 7) is 2.20. The van der Waals surface area contributed by atoms with Crippen LogP contribution in [0.2, 0.25) is 0 Å². The Kier molecular flexibility index (Phi) is 5.57. The van der Waals surface area contributed by atoms with Crippen LogP contribution in [-0.2, 0) is 20.5 Å². The molecule has 0 amide bonds. The van der Waals surface area contributed by atoms with Crippen LogP contribution in [0.25, 0.3) is 0 Å². The second-order valence-corrected chi connectivity index (χ2v) is 7.76. The Morgan fingerprint density at radius 3 is 3.11 bits per heavy atom. The van der Waals surface area contributed by atoms with Crippen LogP contribution in [0.5, 0.6) is 5.75 Å². The van der Waals surface area contributed by atoms with Crippen molar-refractivity contribution in [2.45, 2.75) is 38.8 Å². The third-order valence-electron chi connectivity index (χ3n) is 4.39. The molecule has 2 aromatic rings. The Balaban J connectivity index is 1.40. The van der Waals surface area contributed by atoms with Crippen LogP contribution in [0.15, 0.2) is 29.2 Å². The van der Waals surface area contributed by atoms with E-state index in [2.05, 4.69) is 17.2 Å². The predicted molar refractivity (Wildman–Crippen MR) is 97.2 cm³/mol. The molecule has 0 bridgehead atoms.